The number of halogens is 1. The van der Waals surface area contributed by atoms with E-state index in [1.165, 1.54) is 19.2 Å². The highest BCUT2D eigenvalue weighted by molar-refractivity contribution is 5.96. The highest BCUT2D eigenvalue weighted by Crippen LogP contribution is 2.26. The van der Waals surface area contributed by atoms with Crippen LogP contribution in [-0.4, -0.2) is 32.8 Å². The summed E-state index contributed by atoms with van der Waals surface area (Å²) in [7, 11) is 1.26. The minimum absolute atomic E-state index is 0.113. The van der Waals surface area contributed by atoms with Gasteiger partial charge in [0.05, 0.1) is 24.4 Å². The molecule has 4 rings (SSSR count). The summed E-state index contributed by atoms with van der Waals surface area (Å²) in [5.74, 6) is -0.879. The lowest BCUT2D eigenvalue weighted by atomic mass is 10.1. The van der Waals surface area contributed by atoms with Crippen molar-refractivity contribution in [3.63, 3.8) is 0 Å². The third-order valence-electron chi connectivity index (χ3n) is 5.39. The molecule has 0 bridgehead atoms. The van der Waals surface area contributed by atoms with E-state index in [4.69, 9.17) is 4.74 Å². The molecular weight excluding hydrogens is 409 g/mol. The first kappa shape index (κ1) is 21.7. The second-order valence-corrected chi connectivity index (χ2v) is 7.69. The Morgan fingerprint density at radius 2 is 1.91 bits per heavy atom. The van der Waals surface area contributed by atoms with E-state index >= 15 is 0 Å². The predicted molar refractivity (Wildman–Crippen MR) is 119 cm³/mol. The van der Waals surface area contributed by atoms with Gasteiger partial charge in [0.2, 0.25) is 0 Å². The molecule has 0 fully saturated rings. The quantitative estimate of drug-likeness (QED) is 0.330. The molecule has 7 heteroatoms. The molecule has 1 atom stereocenters. The number of hydrogen-bond donors (Lipinski definition) is 1. The lowest BCUT2D eigenvalue weighted by molar-refractivity contribution is -0.0379. The molecule has 2 aromatic heterocycles. The second kappa shape index (κ2) is 9.30. The summed E-state index contributed by atoms with van der Waals surface area (Å²) in [5.41, 5.74) is 3.85. The van der Waals surface area contributed by atoms with Gasteiger partial charge < -0.3 is 9.30 Å². The van der Waals surface area contributed by atoms with Crippen molar-refractivity contribution in [3.05, 3.63) is 101 Å². The summed E-state index contributed by atoms with van der Waals surface area (Å²) < 4.78 is 21.4. The molecule has 1 amide bonds. The molecule has 0 aliphatic carbocycles. The van der Waals surface area contributed by atoms with Crippen LogP contribution in [0.25, 0.3) is 10.9 Å². The molecule has 6 nitrogen and oxygen atoms in total. The number of carbonyl (C=O) groups is 1. The van der Waals surface area contributed by atoms with Gasteiger partial charge in [0.25, 0.3) is 5.91 Å². The summed E-state index contributed by atoms with van der Waals surface area (Å²) in [6, 6.07) is 17.9. The van der Waals surface area contributed by atoms with Crippen LogP contribution in [0.5, 0.6) is 0 Å². The fourth-order valence-corrected chi connectivity index (χ4v) is 3.61. The molecule has 0 saturated carbocycles. The number of hydroxylamine groups is 2. The Bertz CT molecular complexity index is 1220. The summed E-state index contributed by atoms with van der Waals surface area (Å²) in [6.07, 6.45) is 3.46. The average Bonchev–Trinajstić information content (AvgIpc) is 3.15. The zero-order valence-corrected chi connectivity index (χ0v) is 17.9. The third kappa shape index (κ3) is 4.69. The molecular formula is C25H24FN3O3. The van der Waals surface area contributed by atoms with E-state index in [9.17, 15) is 14.4 Å². The van der Waals surface area contributed by atoms with Gasteiger partial charge in [-0.15, -0.1) is 0 Å². The first-order valence-electron chi connectivity index (χ1n) is 10.3. The van der Waals surface area contributed by atoms with Crippen molar-refractivity contribution in [1.29, 1.82) is 0 Å². The fourth-order valence-electron chi connectivity index (χ4n) is 3.61. The van der Waals surface area contributed by atoms with Gasteiger partial charge in [0.15, 0.2) is 0 Å². The maximum Gasteiger partial charge on any atom is 0.295 e. The molecule has 32 heavy (non-hydrogen) atoms. The summed E-state index contributed by atoms with van der Waals surface area (Å²) in [4.78, 5) is 16.4. The van der Waals surface area contributed by atoms with E-state index in [-0.39, 0.29) is 17.6 Å². The van der Waals surface area contributed by atoms with Crippen LogP contribution < -0.4 is 0 Å². The normalized spacial score (nSPS) is 12.1. The Morgan fingerprint density at radius 1 is 1.19 bits per heavy atom. The molecule has 0 aliphatic rings. The largest absolute Gasteiger partial charge is 0.369 e. The van der Waals surface area contributed by atoms with Crippen molar-refractivity contribution in [1.82, 2.24) is 14.6 Å². The highest BCUT2D eigenvalue weighted by atomic mass is 19.1. The van der Waals surface area contributed by atoms with Gasteiger partial charge in [-0.1, -0.05) is 42.5 Å². The Hall–Kier alpha value is -3.55. The van der Waals surface area contributed by atoms with E-state index < -0.39 is 5.91 Å². The molecule has 0 unspecified atom stereocenters. The van der Waals surface area contributed by atoms with Crippen LogP contribution in [0.3, 0.4) is 0 Å². The van der Waals surface area contributed by atoms with Gasteiger partial charge in [0.1, 0.15) is 11.5 Å². The van der Waals surface area contributed by atoms with Crippen molar-refractivity contribution in [2.45, 2.75) is 26.2 Å². The number of carbonyl (C=O) groups excluding carboxylic acids is 1. The predicted octanol–water partition coefficient (Wildman–Crippen LogP) is 4.96. The van der Waals surface area contributed by atoms with Crippen LogP contribution >= 0.6 is 0 Å². The molecule has 0 aliphatic heterocycles. The van der Waals surface area contributed by atoms with Crippen LogP contribution in [0.15, 0.2) is 73.1 Å². The Labute approximate surface area is 185 Å². The highest BCUT2D eigenvalue weighted by Gasteiger charge is 2.17. The first-order chi connectivity index (χ1) is 15.4. The Morgan fingerprint density at radius 3 is 2.59 bits per heavy atom. The van der Waals surface area contributed by atoms with Crippen LogP contribution in [0, 0.1) is 5.82 Å². The Balaban J connectivity index is 1.67. The van der Waals surface area contributed by atoms with Crippen molar-refractivity contribution in [2.24, 2.45) is 0 Å². The van der Waals surface area contributed by atoms with E-state index in [1.807, 2.05) is 48.0 Å². The van der Waals surface area contributed by atoms with Crippen LogP contribution in [0.1, 0.15) is 40.2 Å². The van der Waals surface area contributed by atoms with Gasteiger partial charge in [-0.25, -0.2) is 14.4 Å². The van der Waals surface area contributed by atoms with Crippen LogP contribution in [-0.2, 0) is 17.9 Å². The molecule has 164 valence electrons. The number of ether oxygens (including phenoxy) is 1. The van der Waals surface area contributed by atoms with E-state index in [0.717, 1.165) is 27.6 Å². The molecule has 0 saturated heterocycles. The van der Waals surface area contributed by atoms with Gasteiger partial charge in [-0.05, 0) is 36.2 Å². The maximum absolute atomic E-state index is 13.3. The minimum atomic E-state index is -0.595. The van der Waals surface area contributed by atoms with Crippen LogP contribution in [0.4, 0.5) is 4.39 Å². The SMILES string of the molecule is C[C@@H](OCc1cn(Cc2ccc(F)cc2)c2cnc(C(=O)N(C)O)cc12)c1ccccc1. The van der Waals surface area contributed by atoms with Gasteiger partial charge >= 0.3 is 0 Å². The smallest absolute Gasteiger partial charge is 0.295 e. The maximum atomic E-state index is 13.3. The van der Waals surface area contributed by atoms with Crippen molar-refractivity contribution in [3.8, 4) is 0 Å². The van der Waals surface area contributed by atoms with E-state index in [2.05, 4.69) is 4.98 Å². The summed E-state index contributed by atoms with van der Waals surface area (Å²) in [5, 5.41) is 10.8. The Kier molecular flexibility index (Phi) is 6.30. The van der Waals surface area contributed by atoms with E-state index in [1.54, 1.807) is 24.4 Å². The van der Waals surface area contributed by atoms with Gasteiger partial charge in [-0.2, -0.15) is 0 Å². The molecule has 0 spiro atoms. The average molecular weight is 433 g/mol. The van der Waals surface area contributed by atoms with E-state index in [0.29, 0.717) is 18.2 Å². The number of nitrogens with zero attached hydrogens (tertiary/aromatic N) is 3. The lowest BCUT2D eigenvalue weighted by Crippen LogP contribution is -2.23. The first-order valence-corrected chi connectivity index (χ1v) is 10.3. The lowest BCUT2D eigenvalue weighted by Gasteiger charge is -2.13. The number of pyridine rings is 1. The molecule has 4 aromatic rings. The third-order valence-corrected chi connectivity index (χ3v) is 5.39. The molecule has 1 N–H and O–H groups in total. The van der Waals surface area contributed by atoms with Crippen molar-refractivity contribution < 1.29 is 19.1 Å². The number of benzene rings is 2. The standard InChI is InChI=1S/C25H24FN3O3/c1-17(19-6-4-3-5-7-19)32-16-20-15-29(14-18-8-10-21(26)11-9-18)24-13-27-23(12-22(20)24)25(30)28(2)31/h3-13,15,17,31H,14,16H2,1-2H3/t17-/m1/s1. The molecule has 2 aromatic carbocycles. The van der Waals surface area contributed by atoms with Gasteiger partial charge in [-0.3, -0.25) is 10.0 Å². The number of rotatable bonds is 7. The number of hydrogen-bond acceptors (Lipinski definition) is 4. The topological polar surface area (TPSA) is 67.6 Å². The van der Waals surface area contributed by atoms with Crippen molar-refractivity contribution in [2.75, 3.05) is 7.05 Å². The minimum Gasteiger partial charge on any atom is -0.369 e. The number of aromatic nitrogens is 2. The van der Waals surface area contributed by atoms with Crippen LogP contribution in [0.2, 0.25) is 0 Å². The molecule has 0 radical (unpaired) electrons. The van der Waals surface area contributed by atoms with Crippen molar-refractivity contribution >= 4 is 16.8 Å². The monoisotopic (exact) mass is 433 g/mol. The van der Waals surface area contributed by atoms with Gasteiger partial charge in [0, 0.05) is 30.7 Å². The summed E-state index contributed by atoms with van der Waals surface area (Å²) in [6.45, 7) is 2.83. The number of amides is 1. The fraction of sp³-hybridized carbons (Fsp3) is 0.200. The zero-order chi connectivity index (χ0) is 22.7. The summed E-state index contributed by atoms with van der Waals surface area (Å²) >= 11 is 0. The number of fused-ring (bicyclic) bond motifs is 1. The molecule has 2 heterocycles. The zero-order valence-electron chi connectivity index (χ0n) is 17.9. The second-order valence-electron chi connectivity index (χ2n) is 7.69.